The zero-order chi connectivity index (χ0) is 12.3. The highest BCUT2D eigenvalue weighted by Gasteiger charge is 2.30. The van der Waals surface area contributed by atoms with Gasteiger partial charge in [-0.3, -0.25) is 4.90 Å². The smallest absolute Gasteiger partial charge is 0.123 e. The van der Waals surface area contributed by atoms with Crippen molar-refractivity contribution in [2.45, 2.75) is 25.9 Å². The highest BCUT2D eigenvalue weighted by molar-refractivity contribution is 6.18. The van der Waals surface area contributed by atoms with Crippen LogP contribution < -0.4 is 4.74 Å². The molecule has 0 amide bonds. The topological polar surface area (TPSA) is 12.5 Å². The molecule has 1 aromatic rings. The number of methoxy groups -OCH3 is 1. The van der Waals surface area contributed by atoms with Gasteiger partial charge in [-0.1, -0.05) is 25.1 Å². The fourth-order valence-electron chi connectivity index (χ4n) is 2.59. The highest BCUT2D eigenvalue weighted by atomic mass is 35.5. The van der Waals surface area contributed by atoms with Crippen molar-refractivity contribution in [1.82, 2.24) is 4.90 Å². The molecule has 17 heavy (non-hydrogen) atoms. The number of likely N-dealkylation sites (tertiary alicyclic amines) is 1. The van der Waals surface area contributed by atoms with E-state index in [4.69, 9.17) is 16.3 Å². The molecule has 2 atom stereocenters. The lowest BCUT2D eigenvalue weighted by Gasteiger charge is -2.25. The third-order valence-electron chi connectivity index (χ3n) is 3.72. The Kier molecular flexibility index (Phi) is 4.30. The lowest BCUT2D eigenvalue weighted by Crippen LogP contribution is -2.33. The molecule has 1 aromatic carbocycles. The molecule has 2 rings (SSSR count). The van der Waals surface area contributed by atoms with Crippen LogP contribution >= 0.6 is 11.6 Å². The summed E-state index contributed by atoms with van der Waals surface area (Å²) in [5.41, 5.74) is 1.25. The summed E-state index contributed by atoms with van der Waals surface area (Å²) in [6.45, 7) is 4.36. The maximum absolute atomic E-state index is 6.06. The molecule has 2 nitrogen and oxygen atoms in total. The van der Waals surface area contributed by atoms with E-state index >= 15 is 0 Å². The van der Waals surface area contributed by atoms with Crippen LogP contribution in [0.3, 0.4) is 0 Å². The Morgan fingerprint density at radius 2 is 2.18 bits per heavy atom. The van der Waals surface area contributed by atoms with E-state index in [0.29, 0.717) is 12.0 Å². The number of nitrogens with zero attached hydrogens (tertiary/aromatic N) is 1. The first-order valence-corrected chi connectivity index (χ1v) is 6.71. The zero-order valence-electron chi connectivity index (χ0n) is 10.5. The van der Waals surface area contributed by atoms with E-state index in [1.54, 1.807) is 7.11 Å². The second-order valence-corrected chi connectivity index (χ2v) is 5.08. The largest absolute Gasteiger partial charge is 0.496 e. The molecule has 0 aliphatic carbocycles. The summed E-state index contributed by atoms with van der Waals surface area (Å²) in [4.78, 5) is 2.47. The van der Waals surface area contributed by atoms with E-state index in [1.807, 2.05) is 12.1 Å². The van der Waals surface area contributed by atoms with E-state index in [1.165, 1.54) is 12.0 Å². The van der Waals surface area contributed by atoms with Gasteiger partial charge in [-0.05, 0) is 24.9 Å². The number of hydrogen-bond donors (Lipinski definition) is 0. The van der Waals surface area contributed by atoms with Crippen LogP contribution in [-0.2, 0) is 6.54 Å². The number of hydrogen-bond acceptors (Lipinski definition) is 2. The Bertz CT molecular complexity index is 369. The SMILES string of the molecule is COc1ccccc1CN1CCC(C)C1CCl. The van der Waals surface area contributed by atoms with Gasteiger partial charge < -0.3 is 4.74 Å². The molecule has 0 saturated carbocycles. The van der Waals surface area contributed by atoms with Gasteiger partial charge in [0.05, 0.1) is 7.11 Å². The molecule has 0 radical (unpaired) electrons. The van der Waals surface area contributed by atoms with Gasteiger partial charge in [-0.25, -0.2) is 0 Å². The minimum atomic E-state index is 0.501. The zero-order valence-corrected chi connectivity index (χ0v) is 11.3. The molecule has 1 aliphatic rings. The van der Waals surface area contributed by atoms with Crippen LogP contribution in [0.25, 0.3) is 0 Å². The van der Waals surface area contributed by atoms with Crippen LogP contribution in [0.4, 0.5) is 0 Å². The van der Waals surface area contributed by atoms with Crippen molar-refractivity contribution in [3.8, 4) is 5.75 Å². The molecule has 0 spiro atoms. The number of para-hydroxylation sites is 1. The summed E-state index contributed by atoms with van der Waals surface area (Å²) in [6, 6.07) is 8.72. The molecule has 0 bridgehead atoms. The van der Waals surface area contributed by atoms with Crippen molar-refractivity contribution in [3.05, 3.63) is 29.8 Å². The molecule has 2 unspecified atom stereocenters. The Labute approximate surface area is 109 Å². The standard InChI is InChI=1S/C14H20ClNO/c1-11-7-8-16(13(11)9-15)10-12-5-3-4-6-14(12)17-2/h3-6,11,13H,7-10H2,1-2H3. The van der Waals surface area contributed by atoms with Crippen molar-refractivity contribution in [2.75, 3.05) is 19.5 Å². The third kappa shape index (κ3) is 2.75. The van der Waals surface area contributed by atoms with Crippen LogP contribution in [0.1, 0.15) is 18.9 Å². The third-order valence-corrected chi connectivity index (χ3v) is 4.04. The first kappa shape index (κ1) is 12.7. The van der Waals surface area contributed by atoms with Crippen molar-refractivity contribution in [2.24, 2.45) is 5.92 Å². The maximum Gasteiger partial charge on any atom is 0.123 e. The molecule has 1 aliphatic heterocycles. The molecule has 0 N–H and O–H groups in total. The molecule has 1 saturated heterocycles. The van der Waals surface area contributed by atoms with Crippen molar-refractivity contribution >= 4 is 11.6 Å². The summed E-state index contributed by atoms with van der Waals surface area (Å²) in [7, 11) is 1.73. The Morgan fingerprint density at radius 1 is 1.41 bits per heavy atom. The fraction of sp³-hybridized carbons (Fsp3) is 0.571. The first-order chi connectivity index (χ1) is 8.26. The van der Waals surface area contributed by atoms with Gasteiger partial charge in [-0.15, -0.1) is 11.6 Å². The molecule has 0 aromatic heterocycles. The van der Waals surface area contributed by atoms with Gasteiger partial charge >= 0.3 is 0 Å². The van der Waals surface area contributed by atoms with E-state index in [-0.39, 0.29) is 0 Å². The Morgan fingerprint density at radius 3 is 2.88 bits per heavy atom. The van der Waals surface area contributed by atoms with Gasteiger partial charge in [0.2, 0.25) is 0 Å². The Hall–Kier alpha value is -0.730. The predicted molar refractivity (Wildman–Crippen MR) is 71.7 cm³/mol. The lowest BCUT2D eigenvalue weighted by atomic mass is 10.0. The Balaban J connectivity index is 2.10. The number of ether oxygens (including phenoxy) is 1. The normalized spacial score (nSPS) is 25.1. The van der Waals surface area contributed by atoms with Crippen LogP contribution in [0.15, 0.2) is 24.3 Å². The summed E-state index contributed by atoms with van der Waals surface area (Å²) in [5, 5.41) is 0. The number of benzene rings is 1. The summed E-state index contributed by atoms with van der Waals surface area (Å²) in [5.74, 6) is 2.39. The van der Waals surface area contributed by atoms with Crippen molar-refractivity contribution in [1.29, 1.82) is 0 Å². The molecule has 1 heterocycles. The van der Waals surface area contributed by atoms with Crippen molar-refractivity contribution in [3.63, 3.8) is 0 Å². The van der Waals surface area contributed by atoms with Crippen LogP contribution in [0.5, 0.6) is 5.75 Å². The second-order valence-electron chi connectivity index (χ2n) is 4.77. The predicted octanol–water partition coefficient (Wildman–Crippen LogP) is 3.14. The monoisotopic (exact) mass is 253 g/mol. The molecule has 3 heteroatoms. The number of halogens is 1. The molecular weight excluding hydrogens is 234 g/mol. The van der Waals surface area contributed by atoms with Gasteiger partial charge in [0.15, 0.2) is 0 Å². The van der Waals surface area contributed by atoms with E-state index in [9.17, 15) is 0 Å². The van der Waals surface area contributed by atoms with Crippen molar-refractivity contribution < 1.29 is 4.74 Å². The van der Waals surface area contributed by atoms with E-state index in [2.05, 4.69) is 24.0 Å². The number of alkyl halides is 1. The highest BCUT2D eigenvalue weighted by Crippen LogP contribution is 2.28. The summed E-state index contributed by atoms with van der Waals surface area (Å²) < 4.78 is 5.39. The minimum absolute atomic E-state index is 0.501. The van der Waals surface area contributed by atoms with Gasteiger partial charge in [0.1, 0.15) is 5.75 Å². The van der Waals surface area contributed by atoms with E-state index in [0.717, 1.165) is 24.7 Å². The quantitative estimate of drug-likeness (QED) is 0.765. The maximum atomic E-state index is 6.06. The van der Waals surface area contributed by atoms with Crippen LogP contribution in [0, 0.1) is 5.92 Å². The second kappa shape index (κ2) is 5.74. The molecule has 1 fully saturated rings. The summed E-state index contributed by atoms with van der Waals surface area (Å²) in [6.07, 6.45) is 1.24. The fourth-order valence-corrected chi connectivity index (χ4v) is 3.09. The molecular formula is C14H20ClNO. The van der Waals surface area contributed by atoms with E-state index < -0.39 is 0 Å². The first-order valence-electron chi connectivity index (χ1n) is 6.18. The van der Waals surface area contributed by atoms with Crippen LogP contribution in [0.2, 0.25) is 0 Å². The van der Waals surface area contributed by atoms with Gasteiger partial charge in [0.25, 0.3) is 0 Å². The van der Waals surface area contributed by atoms with Gasteiger partial charge in [-0.2, -0.15) is 0 Å². The number of rotatable bonds is 4. The lowest BCUT2D eigenvalue weighted by molar-refractivity contribution is 0.238. The average Bonchev–Trinajstić information content (AvgIpc) is 2.70. The van der Waals surface area contributed by atoms with Gasteiger partial charge in [0, 0.05) is 24.0 Å². The van der Waals surface area contributed by atoms with Crippen LogP contribution in [-0.4, -0.2) is 30.5 Å². The molecule has 94 valence electrons. The average molecular weight is 254 g/mol. The minimum Gasteiger partial charge on any atom is -0.496 e. The summed E-state index contributed by atoms with van der Waals surface area (Å²) >= 11 is 6.06.